The number of hydrogen-bond acceptors (Lipinski definition) is 5. The number of sulfone groups is 1. The van der Waals surface area contributed by atoms with Gasteiger partial charge in [-0.05, 0) is 29.8 Å². The van der Waals surface area contributed by atoms with Gasteiger partial charge >= 0.3 is 0 Å². The van der Waals surface area contributed by atoms with Crippen LogP contribution in [0.5, 0.6) is 0 Å². The summed E-state index contributed by atoms with van der Waals surface area (Å²) in [6, 6.07) is 13.9. The summed E-state index contributed by atoms with van der Waals surface area (Å²) < 4.78 is 25.2. The van der Waals surface area contributed by atoms with Gasteiger partial charge in [-0.3, -0.25) is 4.79 Å². The number of carbonyl (C=O) groups is 1. The number of nitrogens with one attached hydrogen (secondary N) is 1. The van der Waals surface area contributed by atoms with E-state index >= 15 is 0 Å². The molecule has 0 radical (unpaired) electrons. The molecule has 0 aliphatic carbocycles. The molecule has 0 saturated carbocycles. The van der Waals surface area contributed by atoms with E-state index in [0.29, 0.717) is 15.7 Å². The Labute approximate surface area is 148 Å². The number of amides is 1. The number of para-hydroxylation sites is 1. The number of benzene rings is 2. The summed E-state index contributed by atoms with van der Waals surface area (Å²) in [5.74, 6) is -1.40. The van der Waals surface area contributed by atoms with Crippen molar-refractivity contribution in [2.45, 2.75) is 5.75 Å². The smallest absolute Gasteiger partial charge is 0.241 e. The van der Waals surface area contributed by atoms with Gasteiger partial charge in [-0.25, -0.2) is 13.4 Å². The minimum atomic E-state index is -3.58. The molecule has 0 bridgehead atoms. The molecule has 0 spiro atoms. The average Bonchev–Trinajstić information content (AvgIpc) is 2.90. The lowest BCUT2D eigenvalue weighted by Crippen LogP contribution is -2.23. The Balaban J connectivity index is 1.65. The van der Waals surface area contributed by atoms with Crippen LogP contribution in [0.1, 0.15) is 5.56 Å². The summed E-state index contributed by atoms with van der Waals surface area (Å²) in [6.45, 7) is 0. The summed E-state index contributed by atoms with van der Waals surface area (Å²) in [6.07, 6.45) is 0. The first-order valence-electron chi connectivity index (χ1n) is 7.02. The van der Waals surface area contributed by atoms with Crippen molar-refractivity contribution in [1.82, 2.24) is 4.98 Å². The van der Waals surface area contributed by atoms with Crippen LogP contribution in [0.15, 0.2) is 48.5 Å². The Morgan fingerprint density at radius 2 is 1.83 bits per heavy atom. The number of carbonyl (C=O) groups excluding carboxylic acids is 1. The summed E-state index contributed by atoms with van der Waals surface area (Å²) in [5, 5.41) is 3.47. The van der Waals surface area contributed by atoms with Gasteiger partial charge in [-0.2, -0.15) is 0 Å². The predicted molar refractivity (Wildman–Crippen MR) is 97.2 cm³/mol. The maximum absolute atomic E-state index is 12.1. The first kappa shape index (κ1) is 16.9. The van der Waals surface area contributed by atoms with E-state index in [2.05, 4.69) is 10.3 Å². The standard InChI is InChI=1S/C16H13ClN2O3S2/c17-12-7-5-11(6-8-12)9-24(21,22)10-15(20)19-16-18-13-3-1-2-4-14(13)23-16/h1-8H,9-10H2,(H,18,19,20). The van der Waals surface area contributed by atoms with E-state index in [1.165, 1.54) is 11.3 Å². The Morgan fingerprint density at radius 1 is 1.12 bits per heavy atom. The molecule has 0 fully saturated rings. The number of hydrogen-bond donors (Lipinski definition) is 1. The van der Waals surface area contributed by atoms with Gasteiger partial charge in [0.05, 0.1) is 16.0 Å². The molecule has 1 N–H and O–H groups in total. The van der Waals surface area contributed by atoms with E-state index < -0.39 is 21.5 Å². The molecule has 3 aromatic rings. The predicted octanol–water partition coefficient (Wildman–Crippen LogP) is 3.50. The van der Waals surface area contributed by atoms with E-state index in [0.717, 1.165) is 10.2 Å². The molecule has 0 unspecified atom stereocenters. The molecular weight excluding hydrogens is 368 g/mol. The number of rotatable bonds is 5. The van der Waals surface area contributed by atoms with Gasteiger partial charge < -0.3 is 5.32 Å². The second-order valence-electron chi connectivity index (χ2n) is 5.19. The summed E-state index contributed by atoms with van der Waals surface area (Å²) >= 11 is 7.08. The number of fused-ring (bicyclic) bond motifs is 1. The molecule has 8 heteroatoms. The largest absolute Gasteiger partial charge is 0.301 e. The quantitative estimate of drug-likeness (QED) is 0.734. The maximum Gasteiger partial charge on any atom is 0.241 e. The minimum absolute atomic E-state index is 0.211. The van der Waals surface area contributed by atoms with Crippen LogP contribution in [-0.2, 0) is 20.4 Å². The lowest BCUT2D eigenvalue weighted by atomic mass is 10.2. The maximum atomic E-state index is 12.1. The minimum Gasteiger partial charge on any atom is -0.301 e. The van der Waals surface area contributed by atoms with Gasteiger partial charge in [0.25, 0.3) is 0 Å². The Bertz CT molecular complexity index is 949. The highest BCUT2D eigenvalue weighted by Gasteiger charge is 2.18. The highest BCUT2D eigenvalue weighted by molar-refractivity contribution is 7.91. The zero-order chi connectivity index (χ0) is 17.2. The molecule has 5 nitrogen and oxygen atoms in total. The molecule has 1 aromatic heterocycles. The zero-order valence-electron chi connectivity index (χ0n) is 12.4. The topological polar surface area (TPSA) is 76.1 Å². The highest BCUT2D eigenvalue weighted by Crippen LogP contribution is 2.25. The number of nitrogens with zero attached hydrogens (tertiary/aromatic N) is 1. The van der Waals surface area contributed by atoms with Crippen molar-refractivity contribution < 1.29 is 13.2 Å². The van der Waals surface area contributed by atoms with E-state index in [-0.39, 0.29) is 5.75 Å². The Kier molecular flexibility index (Phi) is 4.84. The van der Waals surface area contributed by atoms with Crippen LogP contribution in [0, 0.1) is 0 Å². The molecule has 1 amide bonds. The molecule has 0 aliphatic heterocycles. The van der Waals surface area contributed by atoms with Crippen molar-refractivity contribution in [2.75, 3.05) is 11.1 Å². The van der Waals surface area contributed by atoms with Crippen molar-refractivity contribution in [2.24, 2.45) is 0 Å². The normalized spacial score (nSPS) is 11.5. The third kappa shape index (κ3) is 4.31. The van der Waals surface area contributed by atoms with E-state index in [1.807, 2.05) is 24.3 Å². The molecule has 124 valence electrons. The van der Waals surface area contributed by atoms with Crippen LogP contribution in [0.2, 0.25) is 5.02 Å². The molecular formula is C16H13ClN2O3S2. The molecule has 1 heterocycles. The van der Waals surface area contributed by atoms with Crippen LogP contribution in [-0.4, -0.2) is 25.1 Å². The number of anilines is 1. The van der Waals surface area contributed by atoms with Gasteiger partial charge in [0.2, 0.25) is 5.91 Å². The van der Waals surface area contributed by atoms with Crippen LogP contribution in [0.25, 0.3) is 10.2 Å². The summed E-state index contributed by atoms with van der Waals surface area (Å²) in [4.78, 5) is 16.3. The van der Waals surface area contributed by atoms with E-state index in [1.54, 1.807) is 24.3 Å². The molecule has 0 aliphatic rings. The van der Waals surface area contributed by atoms with Crippen molar-refractivity contribution in [3.05, 3.63) is 59.1 Å². The lowest BCUT2D eigenvalue weighted by molar-refractivity contribution is -0.113. The molecule has 0 saturated heterocycles. The highest BCUT2D eigenvalue weighted by atomic mass is 35.5. The van der Waals surface area contributed by atoms with Gasteiger partial charge in [-0.1, -0.05) is 47.2 Å². The fourth-order valence-electron chi connectivity index (χ4n) is 2.17. The summed E-state index contributed by atoms with van der Waals surface area (Å²) in [5.41, 5.74) is 1.36. The molecule has 2 aromatic carbocycles. The number of aromatic nitrogens is 1. The van der Waals surface area contributed by atoms with Crippen LogP contribution in [0.3, 0.4) is 0 Å². The van der Waals surface area contributed by atoms with Gasteiger partial charge in [0.1, 0.15) is 5.75 Å². The molecule has 3 rings (SSSR count). The SMILES string of the molecule is O=C(CS(=O)(=O)Cc1ccc(Cl)cc1)Nc1nc2ccccc2s1. The molecule has 24 heavy (non-hydrogen) atoms. The fraction of sp³-hybridized carbons (Fsp3) is 0.125. The molecule has 0 atom stereocenters. The van der Waals surface area contributed by atoms with Crippen LogP contribution in [0.4, 0.5) is 5.13 Å². The second kappa shape index (κ2) is 6.88. The zero-order valence-corrected chi connectivity index (χ0v) is 14.8. The lowest BCUT2D eigenvalue weighted by Gasteiger charge is -2.05. The van der Waals surface area contributed by atoms with E-state index in [4.69, 9.17) is 11.6 Å². The van der Waals surface area contributed by atoms with Gasteiger partial charge in [-0.15, -0.1) is 0 Å². The van der Waals surface area contributed by atoms with Crippen molar-refractivity contribution in [3.63, 3.8) is 0 Å². The van der Waals surface area contributed by atoms with Crippen molar-refractivity contribution >= 4 is 54.0 Å². The average molecular weight is 381 g/mol. The van der Waals surface area contributed by atoms with E-state index in [9.17, 15) is 13.2 Å². The van der Waals surface area contributed by atoms with Crippen molar-refractivity contribution in [1.29, 1.82) is 0 Å². The number of thiazole rings is 1. The van der Waals surface area contributed by atoms with Gasteiger partial charge in [0.15, 0.2) is 15.0 Å². The first-order valence-corrected chi connectivity index (χ1v) is 10.0. The van der Waals surface area contributed by atoms with Crippen LogP contribution < -0.4 is 5.32 Å². The second-order valence-corrected chi connectivity index (χ2v) is 8.73. The third-order valence-electron chi connectivity index (χ3n) is 3.19. The Hall–Kier alpha value is -1.96. The monoisotopic (exact) mass is 380 g/mol. The van der Waals surface area contributed by atoms with Crippen LogP contribution >= 0.6 is 22.9 Å². The first-order chi connectivity index (χ1) is 11.4. The fourth-order valence-corrected chi connectivity index (χ4v) is 4.45. The summed E-state index contributed by atoms with van der Waals surface area (Å²) in [7, 11) is -3.58. The van der Waals surface area contributed by atoms with Crippen molar-refractivity contribution in [3.8, 4) is 0 Å². The Morgan fingerprint density at radius 3 is 2.54 bits per heavy atom. The third-order valence-corrected chi connectivity index (χ3v) is 5.87. The van der Waals surface area contributed by atoms with Gasteiger partial charge in [0, 0.05) is 5.02 Å². The number of halogens is 1.